The normalized spacial score (nSPS) is 12.4. The molecule has 0 spiro atoms. The predicted octanol–water partition coefficient (Wildman–Crippen LogP) is 1.68. The summed E-state index contributed by atoms with van der Waals surface area (Å²) >= 11 is 0. The van der Waals surface area contributed by atoms with Crippen molar-refractivity contribution in [3.63, 3.8) is 0 Å². The molecule has 0 aliphatic heterocycles. The highest BCUT2D eigenvalue weighted by Crippen LogP contribution is 2.21. The lowest BCUT2D eigenvalue weighted by Gasteiger charge is -2.27. The second kappa shape index (κ2) is 8.91. The van der Waals surface area contributed by atoms with Gasteiger partial charge in [-0.3, -0.25) is 0 Å². The number of rotatable bonds is 9. The summed E-state index contributed by atoms with van der Waals surface area (Å²) in [4.78, 5) is 2.30. The molecule has 0 aromatic heterocycles. The van der Waals surface area contributed by atoms with E-state index in [-0.39, 0.29) is 6.04 Å². The molecule has 0 radical (unpaired) electrons. The number of benzene rings is 1. The quantitative estimate of drug-likeness (QED) is 0.738. The molecule has 2 N–H and O–H groups in total. The van der Waals surface area contributed by atoms with Gasteiger partial charge in [0.25, 0.3) is 0 Å². The highest BCUT2D eigenvalue weighted by atomic mass is 16.5. The van der Waals surface area contributed by atoms with Gasteiger partial charge >= 0.3 is 0 Å². The van der Waals surface area contributed by atoms with Crippen molar-refractivity contribution in [1.29, 1.82) is 0 Å². The van der Waals surface area contributed by atoms with Crippen molar-refractivity contribution >= 4 is 5.69 Å². The Morgan fingerprint density at radius 2 is 1.68 bits per heavy atom. The van der Waals surface area contributed by atoms with E-state index in [4.69, 9.17) is 15.2 Å². The smallest absolute Gasteiger partial charge is 0.0637 e. The highest BCUT2D eigenvalue weighted by molar-refractivity contribution is 5.54. The minimum absolute atomic E-state index is 0.160. The Kier molecular flexibility index (Phi) is 7.48. The van der Waals surface area contributed by atoms with Gasteiger partial charge < -0.3 is 20.1 Å². The molecule has 4 nitrogen and oxygen atoms in total. The number of ether oxygens (including phenoxy) is 2. The molecular formula is C15H26N2O2. The molecule has 1 aromatic rings. The van der Waals surface area contributed by atoms with Crippen LogP contribution in [0.25, 0.3) is 0 Å². The zero-order chi connectivity index (χ0) is 14.1. The first-order valence-electron chi connectivity index (χ1n) is 6.75. The molecule has 0 saturated heterocycles. The van der Waals surface area contributed by atoms with Crippen LogP contribution in [0.5, 0.6) is 0 Å². The lowest BCUT2D eigenvalue weighted by molar-refractivity contribution is 0.190. The predicted molar refractivity (Wildman–Crippen MR) is 79.8 cm³/mol. The molecule has 0 aliphatic rings. The number of hydrogen-bond acceptors (Lipinski definition) is 4. The summed E-state index contributed by atoms with van der Waals surface area (Å²) in [6.07, 6.45) is 0.882. The fraction of sp³-hybridized carbons (Fsp3) is 0.600. The van der Waals surface area contributed by atoms with Gasteiger partial charge in [0.1, 0.15) is 0 Å². The minimum Gasteiger partial charge on any atom is -0.383 e. The first kappa shape index (κ1) is 16.0. The van der Waals surface area contributed by atoms with Crippen LogP contribution in [0.15, 0.2) is 24.3 Å². The SMILES string of the molecule is COCCN(CCOC)c1ccccc1CC(C)N. The zero-order valence-corrected chi connectivity index (χ0v) is 12.3. The molecule has 0 amide bonds. The Morgan fingerprint density at radius 1 is 1.11 bits per heavy atom. The van der Waals surface area contributed by atoms with Crippen molar-refractivity contribution < 1.29 is 9.47 Å². The van der Waals surface area contributed by atoms with E-state index in [2.05, 4.69) is 29.2 Å². The molecule has 1 rings (SSSR count). The molecule has 19 heavy (non-hydrogen) atoms. The first-order chi connectivity index (χ1) is 9.19. The molecular weight excluding hydrogens is 240 g/mol. The van der Waals surface area contributed by atoms with E-state index in [1.807, 2.05) is 6.92 Å². The Bertz CT molecular complexity index is 348. The Hall–Kier alpha value is -1.10. The van der Waals surface area contributed by atoms with Crippen LogP contribution in [0.3, 0.4) is 0 Å². The lowest BCUT2D eigenvalue weighted by atomic mass is 10.0. The Balaban J connectivity index is 2.85. The maximum atomic E-state index is 5.93. The molecule has 0 aliphatic carbocycles. The van der Waals surface area contributed by atoms with Crippen LogP contribution in [0.1, 0.15) is 12.5 Å². The standard InChI is InChI=1S/C15H26N2O2/c1-13(16)12-14-6-4-5-7-15(14)17(8-10-18-2)9-11-19-3/h4-7,13H,8-12,16H2,1-3H3. The summed E-state index contributed by atoms with van der Waals surface area (Å²) in [6.45, 7) is 5.16. The molecule has 1 atom stereocenters. The molecule has 0 bridgehead atoms. The number of anilines is 1. The van der Waals surface area contributed by atoms with Gasteiger partial charge in [-0.2, -0.15) is 0 Å². The van der Waals surface area contributed by atoms with Crippen LogP contribution in [0, 0.1) is 0 Å². The topological polar surface area (TPSA) is 47.7 Å². The van der Waals surface area contributed by atoms with Crippen molar-refractivity contribution in [2.75, 3.05) is 45.4 Å². The van der Waals surface area contributed by atoms with E-state index >= 15 is 0 Å². The van der Waals surface area contributed by atoms with Gasteiger partial charge in [-0.15, -0.1) is 0 Å². The highest BCUT2D eigenvalue weighted by Gasteiger charge is 2.11. The molecule has 1 unspecified atom stereocenters. The molecule has 0 fully saturated rings. The Labute approximate surface area is 116 Å². The fourth-order valence-electron chi connectivity index (χ4n) is 2.09. The van der Waals surface area contributed by atoms with Gasteiger partial charge in [0.15, 0.2) is 0 Å². The van der Waals surface area contributed by atoms with Gasteiger partial charge in [-0.25, -0.2) is 0 Å². The van der Waals surface area contributed by atoms with E-state index in [9.17, 15) is 0 Å². The molecule has 0 heterocycles. The van der Waals surface area contributed by atoms with Gasteiger partial charge in [0.2, 0.25) is 0 Å². The molecule has 4 heteroatoms. The van der Waals surface area contributed by atoms with Crippen molar-refractivity contribution in [3.8, 4) is 0 Å². The summed E-state index contributed by atoms with van der Waals surface area (Å²) < 4.78 is 10.4. The van der Waals surface area contributed by atoms with Crippen LogP contribution in [0.4, 0.5) is 5.69 Å². The monoisotopic (exact) mass is 266 g/mol. The fourth-order valence-corrected chi connectivity index (χ4v) is 2.09. The largest absolute Gasteiger partial charge is 0.383 e. The van der Waals surface area contributed by atoms with Gasteiger partial charge in [0, 0.05) is 39.0 Å². The number of methoxy groups -OCH3 is 2. The summed E-state index contributed by atoms with van der Waals surface area (Å²) in [5.41, 5.74) is 8.44. The molecule has 108 valence electrons. The third-order valence-electron chi connectivity index (χ3n) is 3.00. The van der Waals surface area contributed by atoms with Crippen molar-refractivity contribution in [2.45, 2.75) is 19.4 Å². The van der Waals surface area contributed by atoms with E-state index in [1.165, 1.54) is 11.3 Å². The van der Waals surface area contributed by atoms with Crippen molar-refractivity contribution in [1.82, 2.24) is 0 Å². The van der Waals surface area contributed by atoms with Gasteiger partial charge in [-0.05, 0) is 25.0 Å². The van der Waals surface area contributed by atoms with Crippen LogP contribution in [0.2, 0.25) is 0 Å². The number of para-hydroxylation sites is 1. The summed E-state index contributed by atoms with van der Waals surface area (Å²) in [5.74, 6) is 0. The maximum absolute atomic E-state index is 5.93. The average Bonchev–Trinajstić information content (AvgIpc) is 2.39. The van der Waals surface area contributed by atoms with Crippen LogP contribution >= 0.6 is 0 Å². The second-order valence-corrected chi connectivity index (χ2v) is 4.78. The molecule has 1 aromatic carbocycles. The zero-order valence-electron chi connectivity index (χ0n) is 12.3. The van der Waals surface area contributed by atoms with Crippen molar-refractivity contribution in [3.05, 3.63) is 29.8 Å². The first-order valence-corrected chi connectivity index (χ1v) is 6.75. The van der Waals surface area contributed by atoms with Gasteiger partial charge in [0.05, 0.1) is 13.2 Å². The van der Waals surface area contributed by atoms with Crippen LogP contribution in [-0.4, -0.2) is 46.6 Å². The number of nitrogens with zero attached hydrogens (tertiary/aromatic N) is 1. The van der Waals surface area contributed by atoms with Crippen LogP contribution < -0.4 is 10.6 Å². The summed E-state index contributed by atoms with van der Waals surface area (Å²) in [6, 6.07) is 8.57. The number of nitrogens with two attached hydrogens (primary N) is 1. The number of hydrogen-bond donors (Lipinski definition) is 1. The lowest BCUT2D eigenvalue weighted by Crippen LogP contribution is -2.32. The van der Waals surface area contributed by atoms with Crippen molar-refractivity contribution in [2.24, 2.45) is 5.73 Å². The third-order valence-corrected chi connectivity index (χ3v) is 3.00. The van der Waals surface area contributed by atoms with Gasteiger partial charge in [-0.1, -0.05) is 18.2 Å². The average molecular weight is 266 g/mol. The van der Waals surface area contributed by atoms with Crippen LogP contribution in [-0.2, 0) is 15.9 Å². The van der Waals surface area contributed by atoms with E-state index in [0.29, 0.717) is 13.2 Å². The summed E-state index contributed by atoms with van der Waals surface area (Å²) in [7, 11) is 3.45. The van der Waals surface area contributed by atoms with E-state index < -0.39 is 0 Å². The van der Waals surface area contributed by atoms with E-state index in [1.54, 1.807) is 14.2 Å². The minimum atomic E-state index is 0.160. The van der Waals surface area contributed by atoms with E-state index in [0.717, 1.165) is 19.5 Å². The maximum Gasteiger partial charge on any atom is 0.0637 e. The molecule has 0 saturated carbocycles. The second-order valence-electron chi connectivity index (χ2n) is 4.78. The summed E-state index contributed by atoms with van der Waals surface area (Å²) in [5, 5.41) is 0. The third kappa shape index (κ3) is 5.59. The Morgan fingerprint density at radius 3 is 2.21 bits per heavy atom.